The predicted molar refractivity (Wildman–Crippen MR) is 89.3 cm³/mol. The van der Waals surface area contributed by atoms with Gasteiger partial charge in [-0.3, -0.25) is 9.88 Å². The molecule has 0 radical (unpaired) electrons. The topological polar surface area (TPSA) is 28.2 Å². The molecule has 21 heavy (non-hydrogen) atoms. The van der Waals surface area contributed by atoms with Gasteiger partial charge in [0, 0.05) is 31.4 Å². The summed E-state index contributed by atoms with van der Waals surface area (Å²) in [5.41, 5.74) is 2.66. The summed E-state index contributed by atoms with van der Waals surface area (Å²) in [6.45, 7) is 12.5. The van der Waals surface area contributed by atoms with E-state index in [0.29, 0.717) is 18.0 Å². The number of aryl methyl sites for hydroxylation is 1. The fraction of sp³-hybridized carbons (Fsp3) is 0.722. The highest BCUT2D eigenvalue weighted by Gasteiger charge is 2.32. The second-order valence-corrected chi connectivity index (χ2v) is 6.38. The predicted octanol–water partition coefficient (Wildman–Crippen LogP) is 3.24. The van der Waals surface area contributed by atoms with Gasteiger partial charge in [0.05, 0.1) is 5.69 Å². The van der Waals surface area contributed by atoms with E-state index in [9.17, 15) is 0 Å². The van der Waals surface area contributed by atoms with E-state index in [2.05, 4.69) is 55.0 Å². The van der Waals surface area contributed by atoms with E-state index in [1.807, 2.05) is 6.20 Å². The van der Waals surface area contributed by atoms with E-state index < -0.39 is 0 Å². The van der Waals surface area contributed by atoms with Gasteiger partial charge < -0.3 is 5.32 Å². The number of hydrogen-bond donors (Lipinski definition) is 1. The second-order valence-electron chi connectivity index (χ2n) is 6.38. The van der Waals surface area contributed by atoms with Crippen molar-refractivity contribution in [3.8, 4) is 0 Å². The molecule has 0 bridgehead atoms. The minimum absolute atomic E-state index is 0.611. The number of nitrogens with zero attached hydrogens (tertiary/aromatic N) is 2. The third-order valence-electron chi connectivity index (χ3n) is 5.07. The largest absolute Gasteiger partial charge is 0.314 e. The highest BCUT2D eigenvalue weighted by atomic mass is 15.2. The van der Waals surface area contributed by atoms with Crippen LogP contribution in [0.25, 0.3) is 0 Å². The lowest BCUT2D eigenvalue weighted by atomic mass is 9.86. The van der Waals surface area contributed by atoms with Gasteiger partial charge >= 0.3 is 0 Å². The maximum Gasteiger partial charge on any atom is 0.0575 e. The molecule has 0 spiro atoms. The summed E-state index contributed by atoms with van der Waals surface area (Å²) in [6.07, 6.45) is 5.47. The van der Waals surface area contributed by atoms with E-state index in [1.54, 1.807) is 0 Å². The number of aromatic nitrogens is 1. The Hall–Kier alpha value is -0.930. The van der Waals surface area contributed by atoms with Crippen molar-refractivity contribution in [2.24, 2.45) is 5.92 Å². The van der Waals surface area contributed by atoms with Gasteiger partial charge in [-0.25, -0.2) is 0 Å². The van der Waals surface area contributed by atoms with Crippen molar-refractivity contribution in [3.05, 3.63) is 29.6 Å². The fourth-order valence-electron chi connectivity index (χ4n) is 3.41. The first-order valence-corrected chi connectivity index (χ1v) is 8.57. The first-order chi connectivity index (χ1) is 10.2. The van der Waals surface area contributed by atoms with Crippen molar-refractivity contribution in [2.75, 3.05) is 13.1 Å². The monoisotopic (exact) mass is 289 g/mol. The van der Waals surface area contributed by atoms with Crippen LogP contribution in [-0.2, 0) is 13.0 Å². The molecule has 3 nitrogen and oxygen atoms in total. The number of pyridine rings is 1. The first kappa shape index (κ1) is 16.4. The standard InChI is InChI=1S/C18H31N3/c1-5-10-19-17-9-12-21(15(4)14(17)3)13-18-16(6-2)8-7-11-20-18/h7-8,11,14-15,17,19H,5-6,9-10,12-13H2,1-4H3. The molecule has 1 aromatic rings. The average Bonchev–Trinajstić information content (AvgIpc) is 2.51. The van der Waals surface area contributed by atoms with Gasteiger partial charge in [0.1, 0.15) is 0 Å². The fourth-order valence-corrected chi connectivity index (χ4v) is 3.41. The molecule has 0 amide bonds. The second kappa shape index (κ2) is 7.90. The average molecular weight is 289 g/mol. The summed E-state index contributed by atoms with van der Waals surface area (Å²) in [5, 5.41) is 3.72. The van der Waals surface area contributed by atoms with Crippen LogP contribution >= 0.6 is 0 Å². The van der Waals surface area contributed by atoms with Gasteiger partial charge in [-0.05, 0) is 50.3 Å². The minimum atomic E-state index is 0.611. The van der Waals surface area contributed by atoms with Crippen molar-refractivity contribution >= 4 is 0 Å². The van der Waals surface area contributed by atoms with E-state index in [0.717, 1.165) is 19.5 Å². The Bertz CT molecular complexity index is 432. The zero-order valence-corrected chi connectivity index (χ0v) is 14.1. The Morgan fingerprint density at radius 2 is 2.14 bits per heavy atom. The molecule has 2 rings (SSSR count). The molecule has 1 aromatic heterocycles. The minimum Gasteiger partial charge on any atom is -0.314 e. The Morgan fingerprint density at radius 1 is 1.33 bits per heavy atom. The number of nitrogens with one attached hydrogen (secondary N) is 1. The van der Waals surface area contributed by atoms with Crippen molar-refractivity contribution < 1.29 is 0 Å². The van der Waals surface area contributed by atoms with Gasteiger partial charge in [0.25, 0.3) is 0 Å². The molecule has 118 valence electrons. The zero-order chi connectivity index (χ0) is 15.2. The molecule has 1 fully saturated rings. The number of rotatable bonds is 6. The maximum atomic E-state index is 4.61. The molecular formula is C18H31N3. The third kappa shape index (κ3) is 4.04. The third-order valence-corrected chi connectivity index (χ3v) is 5.07. The number of hydrogen-bond acceptors (Lipinski definition) is 3. The summed E-state index contributed by atoms with van der Waals surface area (Å²) in [4.78, 5) is 7.22. The molecule has 0 saturated carbocycles. The van der Waals surface area contributed by atoms with Gasteiger partial charge in [-0.1, -0.05) is 26.8 Å². The molecular weight excluding hydrogens is 258 g/mol. The van der Waals surface area contributed by atoms with Crippen LogP contribution in [0.4, 0.5) is 0 Å². The van der Waals surface area contributed by atoms with Gasteiger partial charge in [-0.2, -0.15) is 0 Å². The van der Waals surface area contributed by atoms with E-state index >= 15 is 0 Å². The molecule has 1 saturated heterocycles. The molecule has 1 aliphatic heterocycles. The van der Waals surface area contributed by atoms with Crippen LogP contribution in [0.15, 0.2) is 18.3 Å². The lowest BCUT2D eigenvalue weighted by molar-refractivity contribution is 0.0771. The lowest BCUT2D eigenvalue weighted by Gasteiger charge is -2.43. The van der Waals surface area contributed by atoms with Crippen molar-refractivity contribution in [1.29, 1.82) is 0 Å². The molecule has 3 unspecified atom stereocenters. The summed E-state index contributed by atoms with van der Waals surface area (Å²) >= 11 is 0. The van der Waals surface area contributed by atoms with Crippen LogP contribution in [0.1, 0.15) is 51.8 Å². The summed E-state index contributed by atoms with van der Waals surface area (Å²) in [7, 11) is 0. The number of likely N-dealkylation sites (tertiary alicyclic amines) is 1. The van der Waals surface area contributed by atoms with Crippen LogP contribution < -0.4 is 5.32 Å². The zero-order valence-electron chi connectivity index (χ0n) is 14.1. The van der Waals surface area contributed by atoms with Crippen LogP contribution in [0.5, 0.6) is 0 Å². The van der Waals surface area contributed by atoms with E-state index in [-0.39, 0.29) is 0 Å². The highest BCUT2D eigenvalue weighted by molar-refractivity contribution is 5.19. The molecule has 1 aliphatic rings. The van der Waals surface area contributed by atoms with Gasteiger partial charge in [-0.15, -0.1) is 0 Å². The van der Waals surface area contributed by atoms with Crippen molar-refractivity contribution in [1.82, 2.24) is 15.2 Å². The van der Waals surface area contributed by atoms with E-state index in [4.69, 9.17) is 0 Å². The maximum absolute atomic E-state index is 4.61. The normalized spacial score (nSPS) is 27.0. The molecule has 3 heteroatoms. The first-order valence-electron chi connectivity index (χ1n) is 8.57. The smallest absolute Gasteiger partial charge is 0.0575 e. The summed E-state index contributed by atoms with van der Waals surface area (Å²) < 4.78 is 0. The summed E-state index contributed by atoms with van der Waals surface area (Å²) in [5.74, 6) is 0.694. The lowest BCUT2D eigenvalue weighted by Crippen LogP contribution is -2.53. The Labute approximate surface area is 130 Å². The number of piperidine rings is 1. The Morgan fingerprint density at radius 3 is 2.86 bits per heavy atom. The highest BCUT2D eigenvalue weighted by Crippen LogP contribution is 2.25. The van der Waals surface area contributed by atoms with E-state index in [1.165, 1.54) is 30.6 Å². The molecule has 0 aromatic carbocycles. The van der Waals surface area contributed by atoms with Gasteiger partial charge in [0.2, 0.25) is 0 Å². The SMILES string of the molecule is CCCNC1CCN(Cc2ncccc2CC)C(C)C1C. The Balaban J connectivity index is 1.99. The Kier molecular flexibility index (Phi) is 6.19. The van der Waals surface area contributed by atoms with Gasteiger partial charge in [0.15, 0.2) is 0 Å². The van der Waals surface area contributed by atoms with Crippen molar-refractivity contribution in [3.63, 3.8) is 0 Å². The van der Waals surface area contributed by atoms with Crippen molar-refractivity contribution in [2.45, 2.75) is 65.6 Å². The summed E-state index contributed by atoms with van der Waals surface area (Å²) in [6, 6.07) is 5.55. The molecule has 2 heterocycles. The van der Waals surface area contributed by atoms with Crippen LogP contribution in [0.3, 0.4) is 0 Å². The molecule has 1 N–H and O–H groups in total. The quantitative estimate of drug-likeness (QED) is 0.871. The van der Waals surface area contributed by atoms with Crippen LogP contribution in [-0.4, -0.2) is 35.1 Å². The molecule has 3 atom stereocenters. The van der Waals surface area contributed by atoms with Crippen LogP contribution in [0, 0.1) is 5.92 Å². The molecule has 0 aliphatic carbocycles. The van der Waals surface area contributed by atoms with Crippen LogP contribution in [0.2, 0.25) is 0 Å².